The van der Waals surface area contributed by atoms with Gasteiger partial charge in [-0.3, -0.25) is 9.59 Å². The molecule has 29 heavy (non-hydrogen) atoms. The molecule has 1 fully saturated rings. The number of carbonyl (C=O) groups excluding carboxylic acids is 2. The Hall–Kier alpha value is -2.82. The Morgan fingerprint density at radius 2 is 1.72 bits per heavy atom. The molecule has 0 spiro atoms. The van der Waals surface area contributed by atoms with Crippen molar-refractivity contribution in [1.29, 1.82) is 0 Å². The second-order valence-corrected chi connectivity index (χ2v) is 8.26. The Morgan fingerprint density at radius 3 is 2.31 bits per heavy atom. The second-order valence-electron chi connectivity index (χ2n) is 8.26. The molecule has 0 aromatic heterocycles. The summed E-state index contributed by atoms with van der Waals surface area (Å²) in [5.41, 5.74) is 2.79. The van der Waals surface area contributed by atoms with Crippen molar-refractivity contribution in [2.24, 2.45) is 5.92 Å². The van der Waals surface area contributed by atoms with Crippen LogP contribution in [0.2, 0.25) is 0 Å². The number of nitrogens with zero attached hydrogens (tertiary/aromatic N) is 1. The lowest BCUT2D eigenvalue weighted by Gasteiger charge is -2.35. The third-order valence-electron chi connectivity index (χ3n) is 5.67. The van der Waals surface area contributed by atoms with Crippen LogP contribution in [-0.4, -0.2) is 41.0 Å². The lowest BCUT2D eigenvalue weighted by molar-refractivity contribution is -0.135. The van der Waals surface area contributed by atoms with Gasteiger partial charge >= 0.3 is 0 Å². The van der Waals surface area contributed by atoms with Crippen molar-refractivity contribution < 1.29 is 14.7 Å². The molecule has 1 saturated heterocycles. The molecule has 0 bridgehead atoms. The molecule has 1 atom stereocenters. The highest BCUT2D eigenvalue weighted by Gasteiger charge is 2.31. The van der Waals surface area contributed by atoms with Gasteiger partial charge < -0.3 is 15.3 Å². The SMILES string of the molecule is Cc1cccc(C(=O)NC(C(=O)N2CCC(c3ccc(O)cc3)CC2)C(C)C)c1. The van der Waals surface area contributed by atoms with Gasteiger partial charge in [-0.25, -0.2) is 0 Å². The van der Waals surface area contributed by atoms with E-state index < -0.39 is 6.04 Å². The van der Waals surface area contributed by atoms with Gasteiger partial charge in [0.2, 0.25) is 5.91 Å². The fraction of sp³-hybridized carbons (Fsp3) is 0.417. The van der Waals surface area contributed by atoms with E-state index in [1.54, 1.807) is 18.2 Å². The van der Waals surface area contributed by atoms with Gasteiger partial charge in [-0.1, -0.05) is 43.7 Å². The normalized spacial score (nSPS) is 15.9. The molecule has 1 heterocycles. The Balaban J connectivity index is 1.62. The van der Waals surface area contributed by atoms with E-state index in [0.29, 0.717) is 24.6 Å². The van der Waals surface area contributed by atoms with E-state index in [2.05, 4.69) is 5.32 Å². The van der Waals surface area contributed by atoms with Crippen LogP contribution >= 0.6 is 0 Å². The lowest BCUT2D eigenvalue weighted by Crippen LogP contribution is -2.52. The Morgan fingerprint density at radius 1 is 1.07 bits per heavy atom. The number of phenols is 1. The fourth-order valence-corrected chi connectivity index (χ4v) is 3.90. The zero-order valence-electron chi connectivity index (χ0n) is 17.4. The highest BCUT2D eigenvalue weighted by atomic mass is 16.3. The van der Waals surface area contributed by atoms with Crippen molar-refractivity contribution in [2.75, 3.05) is 13.1 Å². The van der Waals surface area contributed by atoms with E-state index >= 15 is 0 Å². The molecule has 0 saturated carbocycles. The number of carbonyl (C=O) groups is 2. The molecule has 3 rings (SSSR count). The summed E-state index contributed by atoms with van der Waals surface area (Å²) in [7, 11) is 0. The van der Waals surface area contributed by atoms with Gasteiger partial charge in [0.25, 0.3) is 5.91 Å². The average Bonchev–Trinajstić information content (AvgIpc) is 2.72. The fourth-order valence-electron chi connectivity index (χ4n) is 3.90. The molecule has 2 N–H and O–H groups in total. The number of piperidine rings is 1. The number of hydrogen-bond donors (Lipinski definition) is 2. The van der Waals surface area contributed by atoms with Crippen molar-refractivity contribution in [3.63, 3.8) is 0 Å². The number of rotatable bonds is 5. The predicted molar refractivity (Wildman–Crippen MR) is 114 cm³/mol. The van der Waals surface area contributed by atoms with Crippen LogP contribution in [-0.2, 0) is 4.79 Å². The largest absolute Gasteiger partial charge is 0.508 e. The van der Waals surface area contributed by atoms with E-state index in [9.17, 15) is 14.7 Å². The maximum atomic E-state index is 13.1. The van der Waals surface area contributed by atoms with Gasteiger partial charge in [-0.2, -0.15) is 0 Å². The molecule has 2 amide bonds. The van der Waals surface area contributed by atoms with E-state index in [1.807, 2.05) is 56.0 Å². The van der Waals surface area contributed by atoms with Crippen LogP contribution in [0.3, 0.4) is 0 Å². The summed E-state index contributed by atoms with van der Waals surface area (Å²) in [5, 5.41) is 12.4. The number of benzene rings is 2. The molecule has 2 aromatic carbocycles. The van der Waals surface area contributed by atoms with Crippen molar-refractivity contribution in [2.45, 2.75) is 45.6 Å². The molecule has 0 aliphatic carbocycles. The monoisotopic (exact) mass is 394 g/mol. The smallest absolute Gasteiger partial charge is 0.251 e. The first-order valence-corrected chi connectivity index (χ1v) is 10.3. The van der Waals surface area contributed by atoms with Crippen LogP contribution < -0.4 is 5.32 Å². The van der Waals surface area contributed by atoms with Crippen LogP contribution in [0.25, 0.3) is 0 Å². The molecule has 1 aliphatic rings. The van der Waals surface area contributed by atoms with Crippen molar-refractivity contribution in [1.82, 2.24) is 10.2 Å². The number of amides is 2. The molecule has 5 heteroatoms. The Bertz CT molecular complexity index is 853. The number of aromatic hydroxyl groups is 1. The summed E-state index contributed by atoms with van der Waals surface area (Å²) in [6.45, 7) is 7.21. The van der Waals surface area contributed by atoms with Crippen LogP contribution in [0, 0.1) is 12.8 Å². The van der Waals surface area contributed by atoms with Crippen molar-refractivity contribution in [3.8, 4) is 5.75 Å². The third kappa shape index (κ3) is 5.17. The van der Waals surface area contributed by atoms with E-state index in [-0.39, 0.29) is 23.5 Å². The Labute approximate surface area is 172 Å². The van der Waals surface area contributed by atoms with Gasteiger partial charge in [0, 0.05) is 18.7 Å². The summed E-state index contributed by atoms with van der Waals surface area (Å²) in [4.78, 5) is 27.7. The first kappa shape index (κ1) is 20.9. The molecule has 1 unspecified atom stereocenters. The number of hydrogen-bond acceptors (Lipinski definition) is 3. The molecular formula is C24H30N2O3. The molecule has 0 radical (unpaired) electrons. The van der Waals surface area contributed by atoms with Crippen LogP contribution in [0.4, 0.5) is 0 Å². The van der Waals surface area contributed by atoms with Gasteiger partial charge in [0.15, 0.2) is 0 Å². The minimum Gasteiger partial charge on any atom is -0.508 e. The number of phenolic OH excluding ortho intramolecular Hbond substituents is 1. The maximum Gasteiger partial charge on any atom is 0.251 e. The van der Waals surface area contributed by atoms with Gasteiger partial charge in [-0.15, -0.1) is 0 Å². The highest BCUT2D eigenvalue weighted by molar-refractivity contribution is 5.97. The minimum absolute atomic E-state index is 0.00563. The van der Waals surface area contributed by atoms with Crippen LogP contribution in [0.1, 0.15) is 54.1 Å². The van der Waals surface area contributed by atoms with E-state index in [0.717, 1.165) is 18.4 Å². The molecule has 2 aromatic rings. The summed E-state index contributed by atoms with van der Waals surface area (Å²) < 4.78 is 0. The summed E-state index contributed by atoms with van der Waals surface area (Å²) in [6, 6.07) is 14.2. The van der Waals surface area contributed by atoms with Gasteiger partial charge in [-0.05, 0) is 61.4 Å². The number of aryl methyl sites for hydroxylation is 1. The van der Waals surface area contributed by atoms with Crippen LogP contribution in [0.5, 0.6) is 5.75 Å². The molecular weight excluding hydrogens is 364 g/mol. The zero-order valence-corrected chi connectivity index (χ0v) is 17.4. The quantitative estimate of drug-likeness (QED) is 0.809. The highest BCUT2D eigenvalue weighted by Crippen LogP contribution is 2.29. The molecule has 5 nitrogen and oxygen atoms in total. The topological polar surface area (TPSA) is 69.6 Å². The average molecular weight is 395 g/mol. The summed E-state index contributed by atoms with van der Waals surface area (Å²) in [5.74, 6) is 0.445. The number of likely N-dealkylation sites (tertiary alicyclic amines) is 1. The first-order chi connectivity index (χ1) is 13.8. The Kier molecular flexibility index (Phi) is 6.57. The standard InChI is InChI=1S/C24H30N2O3/c1-16(2)22(25-23(28)20-6-4-5-17(3)15-20)24(29)26-13-11-19(12-14-26)18-7-9-21(27)10-8-18/h4-10,15-16,19,22,27H,11-14H2,1-3H3,(H,25,28). The second kappa shape index (κ2) is 9.12. The van der Waals surface area contributed by atoms with Gasteiger partial charge in [0.1, 0.15) is 11.8 Å². The molecule has 1 aliphatic heterocycles. The minimum atomic E-state index is -0.534. The maximum absolute atomic E-state index is 13.1. The zero-order chi connectivity index (χ0) is 21.0. The lowest BCUT2D eigenvalue weighted by atomic mass is 9.89. The van der Waals surface area contributed by atoms with Crippen LogP contribution in [0.15, 0.2) is 48.5 Å². The predicted octanol–water partition coefficient (Wildman–Crippen LogP) is 3.86. The number of nitrogens with one attached hydrogen (secondary N) is 1. The van der Waals surface area contributed by atoms with Gasteiger partial charge in [0.05, 0.1) is 0 Å². The van der Waals surface area contributed by atoms with E-state index in [1.165, 1.54) is 5.56 Å². The third-order valence-corrected chi connectivity index (χ3v) is 5.67. The summed E-state index contributed by atoms with van der Waals surface area (Å²) >= 11 is 0. The summed E-state index contributed by atoms with van der Waals surface area (Å²) in [6.07, 6.45) is 1.76. The van der Waals surface area contributed by atoms with Crippen molar-refractivity contribution in [3.05, 3.63) is 65.2 Å². The first-order valence-electron chi connectivity index (χ1n) is 10.3. The van der Waals surface area contributed by atoms with Crippen molar-refractivity contribution >= 4 is 11.8 Å². The van der Waals surface area contributed by atoms with E-state index in [4.69, 9.17) is 0 Å². The molecule has 154 valence electrons.